The van der Waals surface area contributed by atoms with E-state index in [4.69, 9.17) is 4.74 Å². The van der Waals surface area contributed by atoms with Crippen molar-refractivity contribution in [1.29, 1.82) is 0 Å². The smallest absolute Gasteiger partial charge is 0.352 e. The molecule has 3 aromatic carbocycles. The van der Waals surface area contributed by atoms with Gasteiger partial charge in [-0.25, -0.2) is 4.79 Å². The summed E-state index contributed by atoms with van der Waals surface area (Å²) in [6, 6.07) is 22.2. The molecule has 0 aliphatic rings. The van der Waals surface area contributed by atoms with Gasteiger partial charge in [-0.2, -0.15) is 0 Å². The van der Waals surface area contributed by atoms with Crippen molar-refractivity contribution in [2.75, 3.05) is 20.2 Å². The van der Waals surface area contributed by atoms with Crippen molar-refractivity contribution in [3.05, 3.63) is 78.0 Å². The minimum absolute atomic E-state index is 0. The van der Waals surface area contributed by atoms with E-state index in [1.165, 1.54) is 0 Å². The van der Waals surface area contributed by atoms with Crippen molar-refractivity contribution in [3.8, 4) is 5.75 Å². The number of aromatic nitrogens is 1. The molecule has 0 aliphatic carbocycles. The van der Waals surface area contributed by atoms with Crippen molar-refractivity contribution in [3.63, 3.8) is 0 Å². The van der Waals surface area contributed by atoms with Crippen LogP contribution in [0.4, 0.5) is 0 Å². The van der Waals surface area contributed by atoms with Gasteiger partial charge in [0.25, 0.3) is 0 Å². The van der Waals surface area contributed by atoms with Gasteiger partial charge in [0.15, 0.2) is 0 Å². The molecule has 6 heteroatoms. The first-order chi connectivity index (χ1) is 15.2. The number of carbonyl (C=O) groups is 1. The number of aryl methyl sites for hydroxylation is 2. The van der Waals surface area contributed by atoms with Crippen LogP contribution in [0.25, 0.3) is 21.7 Å². The Labute approximate surface area is 194 Å². The largest absolute Gasteiger partial charge is 0.493 e. The third kappa shape index (κ3) is 4.90. The molecule has 0 radical (unpaired) electrons. The van der Waals surface area contributed by atoms with Crippen molar-refractivity contribution < 1.29 is 14.6 Å². The number of hydrogen-bond acceptors (Lipinski definition) is 3. The first-order valence-corrected chi connectivity index (χ1v) is 10.8. The number of ether oxygens (including phenoxy) is 1. The van der Waals surface area contributed by atoms with Crippen molar-refractivity contribution >= 4 is 40.1 Å². The third-order valence-electron chi connectivity index (χ3n) is 5.67. The number of halogens is 1. The maximum absolute atomic E-state index is 12.2. The third-order valence-corrected chi connectivity index (χ3v) is 5.67. The van der Waals surface area contributed by atoms with E-state index in [9.17, 15) is 9.90 Å². The van der Waals surface area contributed by atoms with Gasteiger partial charge in [-0.15, -0.1) is 12.4 Å². The van der Waals surface area contributed by atoms with Gasteiger partial charge < -0.3 is 19.7 Å². The minimum Gasteiger partial charge on any atom is -0.493 e. The summed E-state index contributed by atoms with van der Waals surface area (Å²) in [5.41, 5.74) is 2.29. The number of hydrogen-bond donors (Lipinski definition) is 2. The van der Waals surface area contributed by atoms with Gasteiger partial charge in [-0.05, 0) is 55.9 Å². The Kier molecular flexibility index (Phi) is 8.14. The lowest BCUT2D eigenvalue weighted by atomic mass is 10.1. The van der Waals surface area contributed by atoms with E-state index in [1.807, 2.05) is 60.1 Å². The Morgan fingerprint density at radius 1 is 0.969 bits per heavy atom. The van der Waals surface area contributed by atoms with Gasteiger partial charge in [0.2, 0.25) is 0 Å². The van der Waals surface area contributed by atoms with Crippen LogP contribution in [-0.4, -0.2) is 35.8 Å². The van der Waals surface area contributed by atoms with Crippen molar-refractivity contribution in [2.24, 2.45) is 0 Å². The lowest BCUT2D eigenvalue weighted by molar-refractivity contribution is 0.0684. The summed E-state index contributed by atoms with van der Waals surface area (Å²) < 4.78 is 8.03. The first kappa shape index (κ1) is 23.6. The fraction of sp³-hybridized carbons (Fsp3) is 0.269. The number of para-hydroxylation sites is 1. The number of aromatic carboxylic acids is 1. The zero-order valence-electron chi connectivity index (χ0n) is 18.2. The van der Waals surface area contributed by atoms with Crippen LogP contribution in [-0.2, 0) is 13.0 Å². The molecular weight excluding hydrogens is 424 g/mol. The number of nitrogens with one attached hydrogen (secondary N) is 1. The SMILES string of the molecule is CNCCCn1c(C(=O)O)c(CCCOc2cccc3ccccc23)c2ccccc21.Cl. The molecule has 0 aliphatic heterocycles. The Morgan fingerprint density at radius 3 is 2.47 bits per heavy atom. The number of benzene rings is 3. The summed E-state index contributed by atoms with van der Waals surface area (Å²) in [5, 5.41) is 16.4. The monoisotopic (exact) mass is 452 g/mol. The molecule has 0 saturated heterocycles. The maximum Gasteiger partial charge on any atom is 0.352 e. The highest BCUT2D eigenvalue weighted by molar-refractivity contribution is 5.98. The normalized spacial score (nSPS) is 10.9. The average Bonchev–Trinajstić information content (AvgIpc) is 3.11. The van der Waals surface area contributed by atoms with E-state index in [0.29, 0.717) is 25.3 Å². The lowest BCUT2D eigenvalue weighted by Gasteiger charge is -2.10. The van der Waals surface area contributed by atoms with Crippen LogP contribution in [0.3, 0.4) is 0 Å². The molecule has 2 N–H and O–H groups in total. The summed E-state index contributed by atoms with van der Waals surface area (Å²) in [6.07, 6.45) is 2.28. The highest BCUT2D eigenvalue weighted by Gasteiger charge is 2.21. The summed E-state index contributed by atoms with van der Waals surface area (Å²) in [7, 11) is 1.91. The molecule has 32 heavy (non-hydrogen) atoms. The van der Waals surface area contributed by atoms with Crippen LogP contribution >= 0.6 is 12.4 Å². The van der Waals surface area contributed by atoms with E-state index < -0.39 is 5.97 Å². The zero-order chi connectivity index (χ0) is 21.6. The van der Waals surface area contributed by atoms with Gasteiger partial charge >= 0.3 is 5.97 Å². The minimum atomic E-state index is -0.870. The second kappa shape index (κ2) is 11.0. The molecule has 1 heterocycles. The zero-order valence-corrected chi connectivity index (χ0v) is 19.0. The van der Waals surface area contributed by atoms with Crippen LogP contribution in [0.5, 0.6) is 5.75 Å². The molecule has 168 valence electrons. The number of rotatable bonds is 10. The Morgan fingerprint density at radius 2 is 1.69 bits per heavy atom. The molecule has 0 fully saturated rings. The van der Waals surface area contributed by atoms with Gasteiger partial charge in [-0.1, -0.05) is 54.6 Å². The molecule has 0 unspecified atom stereocenters. The van der Waals surface area contributed by atoms with E-state index in [1.54, 1.807) is 0 Å². The number of nitrogens with zero attached hydrogens (tertiary/aromatic N) is 1. The van der Waals surface area contributed by atoms with Crippen LogP contribution in [0.2, 0.25) is 0 Å². The van der Waals surface area contributed by atoms with Crippen LogP contribution in [0.15, 0.2) is 66.7 Å². The van der Waals surface area contributed by atoms with E-state index in [2.05, 4.69) is 23.5 Å². The second-order valence-corrected chi connectivity index (χ2v) is 7.69. The molecule has 0 bridgehead atoms. The molecular formula is C26H29ClN2O3. The fourth-order valence-corrected chi connectivity index (χ4v) is 4.27. The predicted molar refractivity (Wildman–Crippen MR) is 132 cm³/mol. The highest BCUT2D eigenvalue weighted by Crippen LogP contribution is 2.29. The highest BCUT2D eigenvalue weighted by atomic mass is 35.5. The molecule has 0 spiro atoms. The van der Waals surface area contributed by atoms with E-state index >= 15 is 0 Å². The number of carboxylic acid groups (broad SMARTS) is 1. The molecule has 1 aromatic heterocycles. The topological polar surface area (TPSA) is 63.5 Å². The quantitative estimate of drug-likeness (QED) is 0.310. The average molecular weight is 453 g/mol. The number of fused-ring (bicyclic) bond motifs is 2. The second-order valence-electron chi connectivity index (χ2n) is 7.69. The summed E-state index contributed by atoms with van der Waals surface area (Å²) in [4.78, 5) is 12.2. The van der Waals surface area contributed by atoms with Gasteiger partial charge in [0, 0.05) is 22.8 Å². The van der Waals surface area contributed by atoms with Crippen LogP contribution in [0, 0.1) is 0 Å². The predicted octanol–water partition coefficient (Wildman–Crippen LogP) is 5.54. The maximum atomic E-state index is 12.2. The first-order valence-electron chi connectivity index (χ1n) is 10.8. The van der Waals surface area contributed by atoms with Crippen LogP contribution in [0.1, 0.15) is 28.9 Å². The molecule has 5 nitrogen and oxygen atoms in total. The van der Waals surface area contributed by atoms with Crippen LogP contribution < -0.4 is 10.1 Å². The number of carboxylic acids is 1. The van der Waals surface area contributed by atoms with Gasteiger partial charge in [0.05, 0.1) is 6.61 Å². The Hall–Kier alpha value is -3.02. The molecule has 0 amide bonds. The van der Waals surface area contributed by atoms with Gasteiger partial charge in [-0.3, -0.25) is 0 Å². The molecule has 4 rings (SSSR count). The summed E-state index contributed by atoms with van der Waals surface area (Å²) >= 11 is 0. The fourth-order valence-electron chi connectivity index (χ4n) is 4.27. The van der Waals surface area contributed by atoms with E-state index in [0.717, 1.165) is 52.4 Å². The summed E-state index contributed by atoms with van der Waals surface area (Å²) in [5.74, 6) is -0.00307. The summed E-state index contributed by atoms with van der Waals surface area (Å²) in [6.45, 7) is 2.06. The Bertz CT molecular complexity index is 1200. The standard InChI is InChI=1S/C26H28N2O3.ClH/c1-27-16-8-17-28-23-14-5-4-12-21(23)22(25(28)26(29)30)13-7-18-31-24-15-6-10-19-9-2-3-11-20(19)24;/h2-6,9-12,14-15,27H,7-8,13,16-18H2,1H3,(H,29,30);1H. The molecule has 0 saturated carbocycles. The Balaban J connectivity index is 0.00000289. The van der Waals surface area contributed by atoms with Crippen molar-refractivity contribution in [1.82, 2.24) is 9.88 Å². The molecule has 4 aromatic rings. The molecule has 0 atom stereocenters. The lowest BCUT2D eigenvalue weighted by Crippen LogP contribution is -2.15. The van der Waals surface area contributed by atoms with E-state index in [-0.39, 0.29) is 12.4 Å². The van der Waals surface area contributed by atoms with Gasteiger partial charge in [0.1, 0.15) is 11.4 Å². The van der Waals surface area contributed by atoms with Crippen molar-refractivity contribution in [2.45, 2.75) is 25.8 Å².